The maximum atomic E-state index is 11.8. The lowest BCUT2D eigenvalue weighted by atomic mass is 10.1. The molecule has 1 unspecified atom stereocenters. The monoisotopic (exact) mass is 320 g/mol. The normalized spacial score (nSPS) is 11.8. The van der Waals surface area contributed by atoms with E-state index >= 15 is 0 Å². The zero-order chi connectivity index (χ0) is 15.9. The quantitative estimate of drug-likeness (QED) is 0.790. The van der Waals surface area contributed by atoms with Crippen molar-refractivity contribution in [2.24, 2.45) is 0 Å². The molecule has 0 aliphatic rings. The van der Waals surface area contributed by atoms with Gasteiger partial charge in [-0.05, 0) is 6.07 Å². The van der Waals surface area contributed by atoms with Gasteiger partial charge < -0.3 is 15.7 Å². The first-order valence-electron chi connectivity index (χ1n) is 6.88. The van der Waals surface area contributed by atoms with Gasteiger partial charge in [-0.15, -0.1) is 0 Å². The summed E-state index contributed by atoms with van der Waals surface area (Å²) in [5.74, 6) is 0.708. The second-order valence-corrected chi connectivity index (χ2v) is 5.02. The number of carbonyl (C=O) groups is 1. The topological polar surface area (TPSA) is 87.1 Å². The molecule has 0 bridgehead atoms. The average molecular weight is 321 g/mol. The van der Waals surface area contributed by atoms with Crippen molar-refractivity contribution in [3.63, 3.8) is 0 Å². The molecular weight excluding hydrogens is 304 g/mol. The molecule has 0 spiro atoms. The summed E-state index contributed by atoms with van der Waals surface area (Å²) in [6.45, 7) is 1.99. The van der Waals surface area contributed by atoms with Crippen LogP contribution in [-0.2, 0) is 6.42 Å². The summed E-state index contributed by atoms with van der Waals surface area (Å²) in [7, 11) is 0. The molecular formula is C15H17ClN4O2. The Morgan fingerprint density at radius 2 is 2.00 bits per heavy atom. The van der Waals surface area contributed by atoms with Crippen molar-refractivity contribution in [2.75, 3.05) is 11.9 Å². The summed E-state index contributed by atoms with van der Waals surface area (Å²) in [6.07, 6.45) is 2.93. The van der Waals surface area contributed by atoms with Crippen LogP contribution in [0.15, 0.2) is 36.7 Å². The van der Waals surface area contributed by atoms with Crippen LogP contribution in [0.2, 0.25) is 5.02 Å². The van der Waals surface area contributed by atoms with Crippen molar-refractivity contribution in [3.05, 3.63) is 53.1 Å². The molecule has 0 aliphatic carbocycles. The fourth-order valence-electron chi connectivity index (χ4n) is 1.82. The number of nitrogens with one attached hydrogen (secondary N) is 2. The molecule has 22 heavy (non-hydrogen) atoms. The van der Waals surface area contributed by atoms with Crippen molar-refractivity contribution in [3.8, 4) is 0 Å². The van der Waals surface area contributed by atoms with Crippen LogP contribution < -0.4 is 10.6 Å². The van der Waals surface area contributed by atoms with Crippen LogP contribution >= 0.6 is 11.6 Å². The highest BCUT2D eigenvalue weighted by Gasteiger charge is 2.12. The average Bonchev–Trinajstić information content (AvgIpc) is 2.54. The number of amides is 2. The minimum Gasteiger partial charge on any atom is -0.387 e. The molecule has 0 radical (unpaired) electrons. The number of nitrogens with zero attached hydrogens (tertiary/aromatic N) is 2. The fourth-order valence-corrected chi connectivity index (χ4v) is 2.08. The molecule has 1 heterocycles. The third-order valence-electron chi connectivity index (χ3n) is 3.00. The maximum Gasteiger partial charge on any atom is 0.319 e. The SMILES string of the molecule is CCc1ncc(NC(=O)NCC(O)c2ccccc2Cl)cn1. The van der Waals surface area contributed by atoms with E-state index in [2.05, 4.69) is 20.6 Å². The lowest BCUT2D eigenvalue weighted by Crippen LogP contribution is -2.32. The van der Waals surface area contributed by atoms with E-state index in [1.54, 1.807) is 24.3 Å². The first-order valence-corrected chi connectivity index (χ1v) is 7.26. The Balaban J connectivity index is 1.85. The number of hydrogen-bond acceptors (Lipinski definition) is 4. The zero-order valence-electron chi connectivity index (χ0n) is 12.1. The van der Waals surface area contributed by atoms with Crippen molar-refractivity contribution >= 4 is 23.3 Å². The fraction of sp³-hybridized carbons (Fsp3) is 0.267. The number of aliphatic hydroxyl groups is 1. The molecule has 2 rings (SSSR count). The van der Waals surface area contributed by atoms with Gasteiger partial charge in [0.1, 0.15) is 5.82 Å². The Labute approximate surface area is 133 Å². The first-order chi connectivity index (χ1) is 10.6. The molecule has 1 aromatic carbocycles. The Hall–Kier alpha value is -2.18. The number of urea groups is 1. The largest absolute Gasteiger partial charge is 0.387 e. The molecule has 1 aromatic heterocycles. The van der Waals surface area contributed by atoms with Crippen LogP contribution in [0.25, 0.3) is 0 Å². The number of hydrogen-bond donors (Lipinski definition) is 3. The molecule has 3 N–H and O–H groups in total. The number of halogens is 1. The van der Waals surface area contributed by atoms with E-state index in [-0.39, 0.29) is 6.54 Å². The molecule has 0 fully saturated rings. The summed E-state index contributed by atoms with van der Waals surface area (Å²) in [4.78, 5) is 19.9. The third kappa shape index (κ3) is 4.41. The van der Waals surface area contributed by atoms with Crippen molar-refractivity contribution in [1.82, 2.24) is 15.3 Å². The van der Waals surface area contributed by atoms with E-state index in [9.17, 15) is 9.90 Å². The predicted molar refractivity (Wildman–Crippen MR) is 84.8 cm³/mol. The highest BCUT2D eigenvalue weighted by molar-refractivity contribution is 6.31. The highest BCUT2D eigenvalue weighted by Crippen LogP contribution is 2.21. The standard InChI is InChI=1S/C15H17ClN4O2/c1-2-14-17-7-10(8-18-14)20-15(22)19-9-13(21)11-5-3-4-6-12(11)16/h3-8,13,21H,2,9H2,1H3,(H2,19,20,22). The van der Waals surface area contributed by atoms with Gasteiger partial charge in [-0.1, -0.05) is 36.7 Å². The number of aliphatic hydroxyl groups excluding tert-OH is 1. The van der Waals surface area contributed by atoms with Gasteiger partial charge in [0, 0.05) is 23.6 Å². The smallest absolute Gasteiger partial charge is 0.319 e. The number of benzene rings is 1. The summed E-state index contributed by atoms with van der Waals surface area (Å²) in [6, 6.07) is 6.51. The van der Waals surface area contributed by atoms with Crippen LogP contribution in [0.5, 0.6) is 0 Å². The molecule has 6 nitrogen and oxygen atoms in total. The number of rotatable bonds is 5. The lowest BCUT2D eigenvalue weighted by molar-refractivity contribution is 0.175. The molecule has 0 aliphatic heterocycles. The molecule has 1 atom stereocenters. The lowest BCUT2D eigenvalue weighted by Gasteiger charge is -2.14. The van der Waals surface area contributed by atoms with Gasteiger partial charge in [-0.25, -0.2) is 14.8 Å². The van der Waals surface area contributed by atoms with Gasteiger partial charge in [0.15, 0.2) is 0 Å². The molecule has 0 saturated carbocycles. The van der Waals surface area contributed by atoms with Gasteiger partial charge in [0.2, 0.25) is 0 Å². The number of carbonyl (C=O) groups excluding carboxylic acids is 1. The maximum absolute atomic E-state index is 11.8. The molecule has 116 valence electrons. The number of aryl methyl sites for hydroxylation is 1. The Morgan fingerprint density at radius 3 is 2.64 bits per heavy atom. The van der Waals surface area contributed by atoms with Crippen molar-refractivity contribution < 1.29 is 9.90 Å². The summed E-state index contributed by atoms with van der Waals surface area (Å²) in [5.41, 5.74) is 1.06. The van der Waals surface area contributed by atoms with Crippen LogP contribution in [0.4, 0.5) is 10.5 Å². The van der Waals surface area contributed by atoms with Gasteiger partial charge in [0.05, 0.1) is 24.2 Å². The Bertz CT molecular complexity index is 634. The Kier molecular flexibility index (Phi) is 5.68. The molecule has 2 amide bonds. The highest BCUT2D eigenvalue weighted by atomic mass is 35.5. The van der Waals surface area contributed by atoms with Crippen LogP contribution in [-0.4, -0.2) is 27.7 Å². The van der Waals surface area contributed by atoms with Gasteiger partial charge in [-0.2, -0.15) is 0 Å². The van der Waals surface area contributed by atoms with E-state index in [0.29, 0.717) is 22.1 Å². The van der Waals surface area contributed by atoms with E-state index in [4.69, 9.17) is 11.6 Å². The third-order valence-corrected chi connectivity index (χ3v) is 3.34. The minimum absolute atomic E-state index is 0.0451. The van der Waals surface area contributed by atoms with E-state index in [0.717, 1.165) is 6.42 Å². The molecule has 2 aromatic rings. The minimum atomic E-state index is -0.877. The number of anilines is 1. The second-order valence-electron chi connectivity index (χ2n) is 4.61. The van der Waals surface area contributed by atoms with E-state index in [1.807, 2.05) is 6.92 Å². The summed E-state index contributed by atoms with van der Waals surface area (Å²) in [5, 5.41) is 15.7. The van der Waals surface area contributed by atoms with Crippen molar-refractivity contribution in [1.29, 1.82) is 0 Å². The van der Waals surface area contributed by atoms with Crippen LogP contribution in [0.1, 0.15) is 24.4 Å². The van der Waals surface area contributed by atoms with Gasteiger partial charge >= 0.3 is 6.03 Å². The molecule has 0 saturated heterocycles. The van der Waals surface area contributed by atoms with Gasteiger partial charge in [0.25, 0.3) is 0 Å². The number of aromatic nitrogens is 2. The summed E-state index contributed by atoms with van der Waals surface area (Å²) >= 11 is 5.99. The first kappa shape index (κ1) is 16.2. The van der Waals surface area contributed by atoms with E-state index < -0.39 is 12.1 Å². The second kappa shape index (κ2) is 7.72. The van der Waals surface area contributed by atoms with Crippen LogP contribution in [0, 0.1) is 0 Å². The predicted octanol–water partition coefficient (Wildman–Crippen LogP) is 2.55. The molecule has 7 heteroatoms. The summed E-state index contributed by atoms with van der Waals surface area (Å²) < 4.78 is 0. The van der Waals surface area contributed by atoms with Gasteiger partial charge in [-0.3, -0.25) is 0 Å². The van der Waals surface area contributed by atoms with E-state index in [1.165, 1.54) is 12.4 Å². The zero-order valence-corrected chi connectivity index (χ0v) is 12.8. The van der Waals surface area contributed by atoms with Crippen molar-refractivity contribution in [2.45, 2.75) is 19.4 Å². The van der Waals surface area contributed by atoms with Crippen LogP contribution in [0.3, 0.4) is 0 Å². The Morgan fingerprint density at radius 1 is 1.32 bits per heavy atom.